The summed E-state index contributed by atoms with van der Waals surface area (Å²) in [7, 11) is 1.49. The van der Waals surface area contributed by atoms with Crippen LogP contribution in [0.2, 0.25) is 0 Å². The van der Waals surface area contributed by atoms with Crippen LogP contribution in [-0.2, 0) is 7.05 Å². The zero-order valence-corrected chi connectivity index (χ0v) is 13.3. The van der Waals surface area contributed by atoms with Crippen LogP contribution in [0.5, 0.6) is 0 Å². The summed E-state index contributed by atoms with van der Waals surface area (Å²) in [6, 6.07) is 4.99. The van der Waals surface area contributed by atoms with Gasteiger partial charge in [-0.25, -0.2) is 9.18 Å². The van der Waals surface area contributed by atoms with Gasteiger partial charge in [0, 0.05) is 24.1 Å². The molecular formula is C16H12FN5O3. The van der Waals surface area contributed by atoms with Crippen molar-refractivity contribution in [1.82, 2.24) is 24.7 Å². The molecule has 1 aromatic carbocycles. The highest BCUT2D eigenvalue weighted by Gasteiger charge is 2.17. The van der Waals surface area contributed by atoms with Crippen molar-refractivity contribution in [3.05, 3.63) is 56.6 Å². The molecule has 0 amide bonds. The molecule has 2 N–H and O–H groups in total. The zero-order chi connectivity index (χ0) is 17.7. The van der Waals surface area contributed by atoms with Gasteiger partial charge in [0.25, 0.3) is 11.4 Å². The van der Waals surface area contributed by atoms with E-state index in [2.05, 4.69) is 20.1 Å². The summed E-state index contributed by atoms with van der Waals surface area (Å²) < 4.78 is 20.5. The van der Waals surface area contributed by atoms with Crippen molar-refractivity contribution >= 4 is 10.9 Å². The van der Waals surface area contributed by atoms with E-state index < -0.39 is 11.2 Å². The fourth-order valence-corrected chi connectivity index (χ4v) is 2.56. The molecule has 8 nitrogen and oxygen atoms in total. The van der Waals surface area contributed by atoms with Gasteiger partial charge in [0.05, 0.1) is 0 Å². The molecular weight excluding hydrogens is 329 g/mol. The quantitative estimate of drug-likeness (QED) is 0.577. The first-order valence-electron chi connectivity index (χ1n) is 7.36. The molecule has 0 aliphatic rings. The molecule has 0 fully saturated rings. The predicted molar refractivity (Wildman–Crippen MR) is 87.6 cm³/mol. The molecule has 0 aliphatic carbocycles. The van der Waals surface area contributed by atoms with Gasteiger partial charge in [-0.05, 0) is 24.6 Å². The summed E-state index contributed by atoms with van der Waals surface area (Å²) in [5.41, 5.74) is 0.487. The van der Waals surface area contributed by atoms with Gasteiger partial charge in [0.2, 0.25) is 5.82 Å². The third-order valence-electron chi connectivity index (χ3n) is 3.94. The molecule has 9 heteroatoms. The molecule has 0 saturated heterocycles. The lowest BCUT2D eigenvalue weighted by Crippen LogP contribution is -2.28. The third kappa shape index (κ3) is 2.36. The second-order valence-corrected chi connectivity index (χ2v) is 5.68. The summed E-state index contributed by atoms with van der Waals surface area (Å²) in [6.07, 6.45) is 1.32. The van der Waals surface area contributed by atoms with Crippen LogP contribution >= 0.6 is 0 Å². The van der Waals surface area contributed by atoms with Crippen LogP contribution in [0.1, 0.15) is 5.56 Å². The van der Waals surface area contributed by atoms with E-state index in [1.807, 2.05) is 0 Å². The molecule has 4 aromatic rings. The minimum Gasteiger partial charge on any atom is -0.350 e. The Labute approximate surface area is 138 Å². The minimum atomic E-state index is -0.617. The van der Waals surface area contributed by atoms with Crippen LogP contribution in [0.3, 0.4) is 0 Å². The first kappa shape index (κ1) is 15.1. The summed E-state index contributed by atoms with van der Waals surface area (Å²) in [5.74, 6) is -0.187. The Morgan fingerprint density at radius 2 is 2.04 bits per heavy atom. The summed E-state index contributed by atoms with van der Waals surface area (Å²) >= 11 is 0. The van der Waals surface area contributed by atoms with Crippen molar-refractivity contribution in [1.29, 1.82) is 0 Å². The number of H-pyrrole nitrogens is 2. The minimum absolute atomic E-state index is 0.0298. The first-order chi connectivity index (χ1) is 11.9. The predicted octanol–water partition coefficient (Wildman–Crippen LogP) is 1.72. The molecule has 0 bridgehead atoms. The fourth-order valence-electron chi connectivity index (χ4n) is 2.56. The van der Waals surface area contributed by atoms with Gasteiger partial charge >= 0.3 is 5.69 Å². The highest BCUT2D eigenvalue weighted by atomic mass is 19.1. The Morgan fingerprint density at radius 1 is 1.24 bits per heavy atom. The van der Waals surface area contributed by atoms with Crippen LogP contribution in [0.25, 0.3) is 33.9 Å². The van der Waals surface area contributed by atoms with Crippen molar-refractivity contribution in [2.45, 2.75) is 6.92 Å². The largest absolute Gasteiger partial charge is 0.350 e. The van der Waals surface area contributed by atoms with E-state index >= 15 is 0 Å². The molecule has 0 radical (unpaired) electrons. The number of hydrogen-bond donors (Lipinski definition) is 2. The number of nitrogens with zero attached hydrogens (tertiary/aromatic N) is 3. The summed E-state index contributed by atoms with van der Waals surface area (Å²) in [4.78, 5) is 32.7. The van der Waals surface area contributed by atoms with Gasteiger partial charge in [0.15, 0.2) is 0 Å². The van der Waals surface area contributed by atoms with Crippen LogP contribution < -0.4 is 11.2 Å². The molecule has 3 heterocycles. The van der Waals surface area contributed by atoms with E-state index in [9.17, 15) is 14.0 Å². The molecule has 3 aromatic heterocycles. The SMILES string of the molecule is Cc1ccc2[nH]c(-c3nc(-c4cn(C)c(=O)[nH]c4=O)no3)cc2c1F. The van der Waals surface area contributed by atoms with Gasteiger partial charge < -0.3 is 14.1 Å². The maximum Gasteiger partial charge on any atom is 0.328 e. The van der Waals surface area contributed by atoms with Gasteiger partial charge in [0.1, 0.15) is 17.1 Å². The van der Waals surface area contributed by atoms with E-state index in [1.165, 1.54) is 17.8 Å². The van der Waals surface area contributed by atoms with Crippen molar-refractivity contribution in [3.63, 3.8) is 0 Å². The average Bonchev–Trinajstić information content (AvgIpc) is 3.21. The van der Waals surface area contributed by atoms with E-state index in [0.717, 1.165) is 0 Å². The van der Waals surface area contributed by atoms with Crippen LogP contribution in [-0.4, -0.2) is 24.7 Å². The Bertz CT molecular complexity index is 1230. The Morgan fingerprint density at radius 3 is 2.84 bits per heavy atom. The lowest BCUT2D eigenvalue weighted by molar-refractivity contribution is 0.431. The molecule has 126 valence electrons. The van der Waals surface area contributed by atoms with Crippen LogP contribution in [0.4, 0.5) is 4.39 Å². The number of aromatic amines is 2. The van der Waals surface area contributed by atoms with E-state index in [-0.39, 0.29) is 23.1 Å². The monoisotopic (exact) mass is 341 g/mol. The van der Waals surface area contributed by atoms with Crippen LogP contribution in [0, 0.1) is 12.7 Å². The lowest BCUT2D eigenvalue weighted by atomic mass is 10.1. The number of nitrogens with one attached hydrogen (secondary N) is 2. The normalized spacial score (nSPS) is 11.3. The number of aryl methyl sites for hydroxylation is 2. The maximum atomic E-state index is 14.2. The Hall–Kier alpha value is -3.49. The molecule has 0 aliphatic heterocycles. The molecule has 0 spiro atoms. The van der Waals surface area contributed by atoms with Crippen molar-refractivity contribution in [3.8, 4) is 23.0 Å². The van der Waals surface area contributed by atoms with Gasteiger partial charge in [-0.3, -0.25) is 9.78 Å². The number of benzene rings is 1. The standard InChI is InChI=1S/C16H12FN5O3/c1-7-3-4-10-8(12(7)17)5-11(18-10)15-19-13(21-25-15)9-6-22(2)16(24)20-14(9)23/h3-6,18H,1-2H3,(H,20,23,24). The second-order valence-electron chi connectivity index (χ2n) is 5.68. The van der Waals surface area contributed by atoms with Gasteiger partial charge in [-0.2, -0.15) is 4.98 Å². The number of halogens is 1. The molecule has 25 heavy (non-hydrogen) atoms. The second kappa shape index (κ2) is 5.26. The van der Waals surface area contributed by atoms with E-state index in [4.69, 9.17) is 4.52 Å². The summed E-state index contributed by atoms with van der Waals surface area (Å²) in [5, 5.41) is 4.18. The van der Waals surface area contributed by atoms with E-state index in [1.54, 1.807) is 25.1 Å². The van der Waals surface area contributed by atoms with Gasteiger partial charge in [-0.1, -0.05) is 11.2 Å². The van der Waals surface area contributed by atoms with E-state index in [0.29, 0.717) is 22.2 Å². The highest BCUT2D eigenvalue weighted by Crippen LogP contribution is 2.27. The molecule has 0 atom stereocenters. The number of aromatic nitrogens is 5. The Balaban J connectivity index is 1.82. The number of fused-ring (bicyclic) bond motifs is 1. The van der Waals surface area contributed by atoms with Crippen LogP contribution in [0.15, 0.2) is 38.5 Å². The molecule has 0 unspecified atom stereocenters. The van der Waals surface area contributed by atoms with Crippen molar-refractivity contribution < 1.29 is 8.91 Å². The van der Waals surface area contributed by atoms with Gasteiger partial charge in [-0.15, -0.1) is 0 Å². The fraction of sp³-hybridized carbons (Fsp3) is 0.125. The number of hydrogen-bond acceptors (Lipinski definition) is 5. The summed E-state index contributed by atoms with van der Waals surface area (Å²) in [6.45, 7) is 1.68. The zero-order valence-electron chi connectivity index (χ0n) is 13.3. The van der Waals surface area contributed by atoms with Crippen molar-refractivity contribution in [2.24, 2.45) is 7.05 Å². The average molecular weight is 341 g/mol. The smallest absolute Gasteiger partial charge is 0.328 e. The molecule has 4 rings (SSSR count). The number of rotatable bonds is 2. The highest BCUT2D eigenvalue weighted by molar-refractivity contribution is 5.85. The maximum absolute atomic E-state index is 14.2. The molecule has 0 saturated carbocycles. The third-order valence-corrected chi connectivity index (χ3v) is 3.94. The topological polar surface area (TPSA) is 110 Å². The van der Waals surface area contributed by atoms with Crippen molar-refractivity contribution in [2.75, 3.05) is 0 Å². The first-order valence-corrected chi connectivity index (χ1v) is 7.36. The lowest BCUT2D eigenvalue weighted by Gasteiger charge is -1.97. The Kier molecular flexibility index (Phi) is 3.17.